The van der Waals surface area contributed by atoms with Gasteiger partial charge in [0.05, 0.1) is 0 Å². The average Bonchev–Trinajstić information content (AvgIpc) is 2.34. The topological polar surface area (TPSA) is 46.5 Å². The molecular weight excluding hydrogens is 254 g/mol. The van der Waals surface area contributed by atoms with Gasteiger partial charge in [-0.1, -0.05) is 12.1 Å². The highest BCUT2D eigenvalue weighted by Crippen LogP contribution is 2.25. The van der Waals surface area contributed by atoms with Crippen LogP contribution >= 0.6 is 0 Å². The van der Waals surface area contributed by atoms with Gasteiger partial charge in [0.15, 0.2) is 11.6 Å². The maximum absolute atomic E-state index is 13.3. The molecule has 0 saturated carbocycles. The van der Waals surface area contributed by atoms with Crippen LogP contribution in [0.5, 0.6) is 11.5 Å². The molecule has 3 nitrogen and oxygen atoms in total. The standard InChI is InChI=1S/C13H10F2O.CH2O2/c1-9-3-2-4-11(7-9)16-13-6-5-10(14)8-12(13)15;2-1-3/h2-8H,1H3;1H,(H,2,3). The molecule has 0 aliphatic heterocycles. The minimum absolute atomic E-state index is 0.0204. The number of benzene rings is 2. The molecule has 100 valence electrons. The van der Waals surface area contributed by atoms with Crippen molar-refractivity contribution in [2.75, 3.05) is 0 Å². The number of rotatable bonds is 2. The second-order valence-corrected chi connectivity index (χ2v) is 3.60. The third-order valence-electron chi connectivity index (χ3n) is 2.11. The average molecular weight is 266 g/mol. The van der Waals surface area contributed by atoms with Crippen LogP contribution in [0.3, 0.4) is 0 Å². The van der Waals surface area contributed by atoms with Crippen molar-refractivity contribution in [2.24, 2.45) is 0 Å². The molecule has 0 aromatic heterocycles. The highest BCUT2D eigenvalue weighted by Gasteiger charge is 2.05. The van der Waals surface area contributed by atoms with Gasteiger partial charge in [-0.25, -0.2) is 8.78 Å². The van der Waals surface area contributed by atoms with Gasteiger partial charge >= 0.3 is 0 Å². The van der Waals surface area contributed by atoms with E-state index in [2.05, 4.69) is 0 Å². The second-order valence-electron chi connectivity index (χ2n) is 3.60. The first-order valence-corrected chi connectivity index (χ1v) is 5.34. The molecule has 0 atom stereocenters. The van der Waals surface area contributed by atoms with Crippen LogP contribution in [0.25, 0.3) is 0 Å². The number of ether oxygens (including phenoxy) is 1. The van der Waals surface area contributed by atoms with Crippen molar-refractivity contribution in [1.29, 1.82) is 0 Å². The maximum atomic E-state index is 13.3. The second kappa shape index (κ2) is 7.10. The Labute approximate surface area is 109 Å². The van der Waals surface area contributed by atoms with Gasteiger partial charge in [0, 0.05) is 6.07 Å². The van der Waals surface area contributed by atoms with Gasteiger partial charge in [0.2, 0.25) is 0 Å². The molecule has 19 heavy (non-hydrogen) atoms. The normalized spacial score (nSPS) is 9.21. The molecule has 0 aliphatic carbocycles. The van der Waals surface area contributed by atoms with Gasteiger partial charge < -0.3 is 9.84 Å². The van der Waals surface area contributed by atoms with Crippen molar-refractivity contribution in [2.45, 2.75) is 6.92 Å². The largest absolute Gasteiger partial charge is 0.483 e. The molecule has 0 spiro atoms. The molecule has 5 heteroatoms. The molecule has 0 heterocycles. The van der Waals surface area contributed by atoms with Crippen LogP contribution in [0.1, 0.15) is 5.56 Å². The Hall–Kier alpha value is -2.43. The SMILES string of the molecule is Cc1cccc(Oc2ccc(F)cc2F)c1.O=CO. The van der Waals surface area contributed by atoms with E-state index in [9.17, 15) is 8.78 Å². The summed E-state index contributed by atoms with van der Waals surface area (Å²) in [6, 6.07) is 10.4. The summed E-state index contributed by atoms with van der Waals surface area (Å²) in [5.74, 6) is -0.770. The van der Waals surface area contributed by atoms with Crippen LogP contribution in [0.4, 0.5) is 8.78 Å². The predicted octanol–water partition coefficient (Wildman–Crippen LogP) is 3.77. The van der Waals surface area contributed by atoms with E-state index in [1.54, 1.807) is 12.1 Å². The summed E-state index contributed by atoms with van der Waals surface area (Å²) in [7, 11) is 0. The Morgan fingerprint density at radius 1 is 1.16 bits per heavy atom. The van der Waals surface area contributed by atoms with Crippen molar-refractivity contribution in [3.63, 3.8) is 0 Å². The summed E-state index contributed by atoms with van der Waals surface area (Å²) >= 11 is 0. The fourth-order valence-electron chi connectivity index (χ4n) is 1.36. The number of aryl methyl sites for hydroxylation is 1. The van der Waals surface area contributed by atoms with Crippen LogP contribution in [0.2, 0.25) is 0 Å². The van der Waals surface area contributed by atoms with Crippen LogP contribution < -0.4 is 4.74 Å². The molecule has 0 fully saturated rings. The lowest BCUT2D eigenvalue weighted by atomic mass is 10.2. The van der Waals surface area contributed by atoms with Crippen LogP contribution in [0.15, 0.2) is 42.5 Å². The van der Waals surface area contributed by atoms with E-state index in [1.165, 1.54) is 6.07 Å². The van der Waals surface area contributed by atoms with Gasteiger partial charge in [-0.3, -0.25) is 4.79 Å². The van der Waals surface area contributed by atoms with E-state index in [4.69, 9.17) is 14.6 Å². The van der Waals surface area contributed by atoms with E-state index in [1.807, 2.05) is 19.1 Å². The Balaban J connectivity index is 0.000000550. The molecule has 0 radical (unpaired) electrons. The molecule has 2 aromatic carbocycles. The van der Waals surface area contributed by atoms with Crippen molar-refractivity contribution in [3.8, 4) is 11.5 Å². The molecule has 2 aromatic rings. The Kier molecular flexibility index (Phi) is 5.47. The summed E-state index contributed by atoms with van der Waals surface area (Å²) in [6.07, 6.45) is 0. The van der Waals surface area contributed by atoms with E-state index >= 15 is 0 Å². The zero-order valence-corrected chi connectivity index (χ0v) is 10.1. The summed E-state index contributed by atoms with van der Waals surface area (Å²) in [5, 5.41) is 6.89. The van der Waals surface area contributed by atoms with Crippen molar-refractivity contribution >= 4 is 6.47 Å². The molecule has 0 aliphatic rings. The third-order valence-corrected chi connectivity index (χ3v) is 2.11. The summed E-state index contributed by atoms with van der Waals surface area (Å²) in [4.78, 5) is 8.36. The van der Waals surface area contributed by atoms with E-state index < -0.39 is 11.6 Å². The smallest absolute Gasteiger partial charge is 0.290 e. The molecule has 1 N–H and O–H groups in total. The van der Waals surface area contributed by atoms with Gasteiger partial charge in [-0.15, -0.1) is 0 Å². The van der Waals surface area contributed by atoms with Crippen LogP contribution in [-0.4, -0.2) is 11.6 Å². The predicted molar refractivity (Wildman–Crippen MR) is 66.3 cm³/mol. The lowest BCUT2D eigenvalue weighted by Gasteiger charge is -2.07. The number of hydrogen-bond acceptors (Lipinski definition) is 2. The third kappa shape index (κ3) is 4.75. The van der Waals surface area contributed by atoms with E-state index in [0.717, 1.165) is 17.7 Å². The van der Waals surface area contributed by atoms with Gasteiger partial charge in [0.25, 0.3) is 6.47 Å². The van der Waals surface area contributed by atoms with Crippen molar-refractivity contribution in [1.82, 2.24) is 0 Å². The minimum atomic E-state index is -0.707. The van der Waals surface area contributed by atoms with E-state index in [0.29, 0.717) is 5.75 Å². The Bertz CT molecular complexity index is 556. The first kappa shape index (κ1) is 14.6. The fraction of sp³-hybridized carbons (Fsp3) is 0.0714. The summed E-state index contributed by atoms with van der Waals surface area (Å²) in [6.45, 7) is 1.66. The van der Waals surface area contributed by atoms with Gasteiger partial charge in [-0.2, -0.15) is 0 Å². The zero-order chi connectivity index (χ0) is 14.3. The van der Waals surface area contributed by atoms with Gasteiger partial charge in [-0.05, 0) is 36.8 Å². The van der Waals surface area contributed by atoms with Gasteiger partial charge in [0.1, 0.15) is 11.6 Å². The summed E-state index contributed by atoms with van der Waals surface area (Å²) in [5.41, 5.74) is 1.01. The van der Waals surface area contributed by atoms with Crippen LogP contribution in [0, 0.1) is 18.6 Å². The fourth-order valence-corrected chi connectivity index (χ4v) is 1.36. The molecule has 0 saturated heterocycles. The Morgan fingerprint density at radius 3 is 2.42 bits per heavy atom. The highest BCUT2D eigenvalue weighted by atomic mass is 19.1. The lowest BCUT2D eigenvalue weighted by Crippen LogP contribution is -1.89. The van der Waals surface area contributed by atoms with Crippen molar-refractivity contribution < 1.29 is 23.4 Å². The molecule has 0 unspecified atom stereocenters. The molecular formula is C14H12F2O3. The monoisotopic (exact) mass is 266 g/mol. The maximum Gasteiger partial charge on any atom is 0.290 e. The molecule has 0 amide bonds. The first-order valence-electron chi connectivity index (χ1n) is 5.34. The Morgan fingerprint density at radius 2 is 1.84 bits per heavy atom. The number of carbonyl (C=O) groups is 1. The number of carboxylic acid groups (broad SMARTS) is 1. The molecule has 2 rings (SSSR count). The number of halogens is 2. The van der Waals surface area contributed by atoms with E-state index in [-0.39, 0.29) is 12.2 Å². The lowest BCUT2D eigenvalue weighted by molar-refractivity contribution is -0.122. The quantitative estimate of drug-likeness (QED) is 0.842. The summed E-state index contributed by atoms with van der Waals surface area (Å²) < 4.78 is 31.2. The van der Waals surface area contributed by atoms with Crippen molar-refractivity contribution in [3.05, 3.63) is 59.7 Å². The zero-order valence-electron chi connectivity index (χ0n) is 10.1. The molecule has 0 bridgehead atoms. The minimum Gasteiger partial charge on any atom is -0.483 e. The van der Waals surface area contributed by atoms with Crippen LogP contribution in [-0.2, 0) is 4.79 Å². The number of hydrogen-bond donors (Lipinski definition) is 1. The first-order chi connectivity index (χ1) is 9.06. The highest BCUT2D eigenvalue weighted by molar-refractivity contribution is 5.34.